The smallest absolute Gasteiger partial charge is 0.262 e. The van der Waals surface area contributed by atoms with Crippen LogP contribution in [0, 0.1) is 11.3 Å². The fourth-order valence-corrected chi connectivity index (χ4v) is 1.70. The summed E-state index contributed by atoms with van der Waals surface area (Å²) < 4.78 is 0. The molecule has 0 aliphatic carbocycles. The van der Waals surface area contributed by atoms with Gasteiger partial charge in [0.25, 0.3) is 5.91 Å². The summed E-state index contributed by atoms with van der Waals surface area (Å²) in [5, 5.41) is 15.0. The van der Waals surface area contributed by atoms with Crippen LogP contribution >= 0.6 is 0 Å². The molecule has 6 nitrogen and oxygen atoms in total. The van der Waals surface area contributed by atoms with Gasteiger partial charge in [-0.3, -0.25) is 9.59 Å². The molecular weight excluding hydrogens is 244 g/mol. The monoisotopic (exact) mass is 256 g/mol. The Labute approximate surface area is 110 Å². The van der Waals surface area contributed by atoms with E-state index in [1.54, 1.807) is 24.3 Å². The second-order valence-electron chi connectivity index (χ2n) is 4.13. The van der Waals surface area contributed by atoms with Crippen LogP contribution in [0.1, 0.15) is 24.0 Å². The van der Waals surface area contributed by atoms with Gasteiger partial charge in [0, 0.05) is 6.42 Å². The number of nitrogens with zero attached hydrogens (tertiary/aromatic N) is 2. The third-order valence-electron chi connectivity index (χ3n) is 2.74. The van der Waals surface area contributed by atoms with Crippen molar-refractivity contribution in [2.24, 2.45) is 5.10 Å². The fraction of sp³-hybridized carbons (Fsp3) is 0.231. The largest absolute Gasteiger partial charge is 0.344 e. The average molecular weight is 256 g/mol. The van der Waals surface area contributed by atoms with E-state index in [4.69, 9.17) is 5.26 Å². The lowest BCUT2D eigenvalue weighted by Gasteiger charge is -2.06. The molecule has 2 rings (SSSR count). The van der Waals surface area contributed by atoms with Gasteiger partial charge in [0.15, 0.2) is 0 Å². The summed E-state index contributed by atoms with van der Waals surface area (Å²) in [4.78, 5) is 22.6. The Balaban J connectivity index is 1.87. The quantitative estimate of drug-likeness (QED) is 0.601. The van der Waals surface area contributed by atoms with Crippen molar-refractivity contribution in [3.8, 4) is 6.07 Å². The van der Waals surface area contributed by atoms with Gasteiger partial charge in [0.05, 0.1) is 17.8 Å². The summed E-state index contributed by atoms with van der Waals surface area (Å²) in [6.07, 6.45) is 2.35. The highest BCUT2D eigenvalue weighted by atomic mass is 16.2. The van der Waals surface area contributed by atoms with Crippen molar-refractivity contribution in [2.75, 3.05) is 0 Å². The zero-order valence-electron chi connectivity index (χ0n) is 10.1. The zero-order valence-corrected chi connectivity index (χ0v) is 10.1. The maximum Gasteiger partial charge on any atom is 0.262 e. The molecule has 96 valence electrons. The predicted octanol–water partition coefficient (Wildman–Crippen LogP) is 0.287. The van der Waals surface area contributed by atoms with Gasteiger partial charge in [-0.05, 0) is 24.1 Å². The molecule has 0 aromatic heterocycles. The molecule has 1 heterocycles. The molecule has 0 spiro atoms. The van der Waals surface area contributed by atoms with E-state index in [1.165, 1.54) is 6.21 Å². The fourth-order valence-electron chi connectivity index (χ4n) is 1.70. The summed E-state index contributed by atoms with van der Waals surface area (Å²) in [5.41, 5.74) is 3.71. The first-order valence-corrected chi connectivity index (χ1v) is 5.81. The van der Waals surface area contributed by atoms with Gasteiger partial charge in [-0.15, -0.1) is 0 Å². The maximum atomic E-state index is 11.6. The van der Waals surface area contributed by atoms with Gasteiger partial charge in [0.2, 0.25) is 5.91 Å². The van der Waals surface area contributed by atoms with Gasteiger partial charge in [0.1, 0.15) is 6.04 Å². The van der Waals surface area contributed by atoms with Crippen molar-refractivity contribution < 1.29 is 9.59 Å². The molecule has 1 saturated heterocycles. The van der Waals surface area contributed by atoms with E-state index in [0.29, 0.717) is 18.4 Å². The minimum absolute atomic E-state index is 0.115. The molecule has 0 bridgehead atoms. The number of hydrogen-bond donors (Lipinski definition) is 2. The Morgan fingerprint density at radius 3 is 2.79 bits per heavy atom. The summed E-state index contributed by atoms with van der Waals surface area (Å²) in [5.74, 6) is -0.438. The minimum atomic E-state index is -0.495. The SMILES string of the molecule is N#Cc1ccc(/C=N/NC(=O)[C@@H]2CCC(=O)N2)cc1. The predicted molar refractivity (Wildman–Crippen MR) is 68.1 cm³/mol. The van der Waals surface area contributed by atoms with Crippen molar-refractivity contribution in [3.63, 3.8) is 0 Å². The summed E-state index contributed by atoms with van der Waals surface area (Å²) in [6, 6.07) is 8.31. The lowest BCUT2D eigenvalue weighted by molar-refractivity contribution is -0.125. The Hall–Kier alpha value is -2.68. The lowest BCUT2D eigenvalue weighted by atomic mass is 10.2. The van der Waals surface area contributed by atoms with Gasteiger partial charge >= 0.3 is 0 Å². The highest BCUT2D eigenvalue weighted by Crippen LogP contribution is 2.06. The molecule has 6 heteroatoms. The number of carbonyl (C=O) groups is 2. The molecule has 1 aliphatic rings. The number of rotatable bonds is 3. The van der Waals surface area contributed by atoms with E-state index in [-0.39, 0.29) is 11.8 Å². The van der Waals surface area contributed by atoms with E-state index in [0.717, 1.165) is 5.56 Å². The van der Waals surface area contributed by atoms with Crippen LogP contribution in [-0.4, -0.2) is 24.1 Å². The van der Waals surface area contributed by atoms with Crippen molar-refractivity contribution in [3.05, 3.63) is 35.4 Å². The van der Waals surface area contributed by atoms with E-state index < -0.39 is 6.04 Å². The van der Waals surface area contributed by atoms with Crippen LogP contribution in [0.2, 0.25) is 0 Å². The average Bonchev–Trinajstić information content (AvgIpc) is 2.86. The molecule has 2 N–H and O–H groups in total. The zero-order chi connectivity index (χ0) is 13.7. The standard InChI is InChI=1S/C13H12N4O2/c14-7-9-1-3-10(4-2-9)8-15-17-13(19)11-5-6-12(18)16-11/h1-4,8,11H,5-6H2,(H,16,18)(H,17,19)/b15-8+/t11-/m0/s1. The molecule has 1 aliphatic heterocycles. The van der Waals surface area contributed by atoms with Crippen LogP contribution in [0.5, 0.6) is 0 Å². The molecule has 1 fully saturated rings. The topological polar surface area (TPSA) is 94.3 Å². The minimum Gasteiger partial charge on any atom is -0.344 e. The van der Waals surface area contributed by atoms with Gasteiger partial charge in [-0.2, -0.15) is 10.4 Å². The molecule has 1 atom stereocenters. The second kappa shape index (κ2) is 5.78. The number of hydrogen-bond acceptors (Lipinski definition) is 4. The van der Waals surface area contributed by atoms with Crippen LogP contribution in [-0.2, 0) is 9.59 Å². The number of nitriles is 1. The third kappa shape index (κ3) is 3.39. The van der Waals surface area contributed by atoms with Crippen LogP contribution in [0.3, 0.4) is 0 Å². The van der Waals surface area contributed by atoms with Gasteiger partial charge < -0.3 is 5.32 Å². The molecule has 1 aromatic carbocycles. The first kappa shape index (κ1) is 12.8. The van der Waals surface area contributed by atoms with Gasteiger partial charge in [-0.1, -0.05) is 12.1 Å². The number of amides is 2. The van der Waals surface area contributed by atoms with Crippen LogP contribution in [0.15, 0.2) is 29.4 Å². The number of carbonyl (C=O) groups excluding carboxylic acids is 2. The van der Waals surface area contributed by atoms with E-state index >= 15 is 0 Å². The number of hydrazone groups is 1. The van der Waals surface area contributed by atoms with Crippen molar-refractivity contribution in [1.82, 2.24) is 10.7 Å². The molecular formula is C13H12N4O2. The normalized spacial score (nSPS) is 18.1. The van der Waals surface area contributed by atoms with Crippen molar-refractivity contribution in [1.29, 1.82) is 5.26 Å². The molecule has 1 aromatic rings. The second-order valence-corrected chi connectivity index (χ2v) is 4.13. The Morgan fingerprint density at radius 1 is 1.47 bits per heavy atom. The van der Waals surface area contributed by atoms with Crippen molar-refractivity contribution >= 4 is 18.0 Å². The van der Waals surface area contributed by atoms with Crippen LogP contribution < -0.4 is 10.7 Å². The van der Waals surface area contributed by atoms with Gasteiger partial charge in [-0.25, -0.2) is 5.43 Å². The first-order chi connectivity index (χ1) is 9.19. The first-order valence-electron chi connectivity index (χ1n) is 5.81. The van der Waals surface area contributed by atoms with Crippen LogP contribution in [0.25, 0.3) is 0 Å². The number of benzene rings is 1. The maximum absolute atomic E-state index is 11.6. The summed E-state index contributed by atoms with van der Waals surface area (Å²) >= 11 is 0. The third-order valence-corrected chi connectivity index (χ3v) is 2.74. The van der Waals surface area contributed by atoms with E-state index in [9.17, 15) is 9.59 Å². The lowest BCUT2D eigenvalue weighted by Crippen LogP contribution is -2.39. The van der Waals surface area contributed by atoms with E-state index in [1.807, 2.05) is 6.07 Å². The van der Waals surface area contributed by atoms with E-state index in [2.05, 4.69) is 15.8 Å². The molecule has 0 radical (unpaired) electrons. The molecule has 2 amide bonds. The highest BCUT2D eigenvalue weighted by molar-refractivity contribution is 5.91. The summed E-state index contributed by atoms with van der Waals surface area (Å²) in [7, 11) is 0. The van der Waals surface area contributed by atoms with Crippen LogP contribution in [0.4, 0.5) is 0 Å². The van der Waals surface area contributed by atoms with Crippen molar-refractivity contribution in [2.45, 2.75) is 18.9 Å². The Morgan fingerprint density at radius 2 is 2.21 bits per heavy atom. The molecule has 19 heavy (non-hydrogen) atoms. The Bertz CT molecular complexity index is 557. The number of nitrogens with one attached hydrogen (secondary N) is 2. The molecule has 0 saturated carbocycles. The molecule has 0 unspecified atom stereocenters. The Kier molecular flexibility index (Phi) is 3.88. The highest BCUT2D eigenvalue weighted by Gasteiger charge is 2.26. The summed E-state index contributed by atoms with van der Waals surface area (Å²) in [6.45, 7) is 0.